The van der Waals surface area contributed by atoms with E-state index in [2.05, 4.69) is 29.1 Å². The van der Waals surface area contributed by atoms with Gasteiger partial charge in [0.2, 0.25) is 0 Å². The third-order valence-electron chi connectivity index (χ3n) is 3.30. The fourth-order valence-electron chi connectivity index (χ4n) is 1.89. The summed E-state index contributed by atoms with van der Waals surface area (Å²) in [5.41, 5.74) is 8.60. The van der Waals surface area contributed by atoms with Crippen molar-refractivity contribution < 1.29 is 0 Å². The minimum absolute atomic E-state index is 0.0138. The quantitative estimate of drug-likeness (QED) is 0.883. The van der Waals surface area contributed by atoms with Gasteiger partial charge in [0.1, 0.15) is 5.82 Å². The van der Waals surface area contributed by atoms with Crippen LogP contribution in [0.4, 0.5) is 11.5 Å². The molecule has 0 bridgehead atoms. The normalized spacial score (nSPS) is 11.3. The predicted molar refractivity (Wildman–Crippen MR) is 79.1 cm³/mol. The standard InChI is InChI=1S/C15H20N4/c1-11-13(16)4-5-14(19-11)18-10-15(2,3)12-6-8-17-9-7-12/h4-9H,10,16H2,1-3H3,(H,18,19). The summed E-state index contributed by atoms with van der Waals surface area (Å²) in [6.45, 7) is 7.10. The lowest BCUT2D eigenvalue weighted by Crippen LogP contribution is -2.28. The highest BCUT2D eigenvalue weighted by Gasteiger charge is 2.20. The maximum atomic E-state index is 5.76. The molecule has 0 unspecified atom stereocenters. The molecule has 0 aliphatic heterocycles. The number of aryl methyl sites for hydroxylation is 1. The largest absolute Gasteiger partial charge is 0.397 e. The molecule has 2 aromatic heterocycles. The van der Waals surface area contributed by atoms with Gasteiger partial charge in [-0.05, 0) is 36.8 Å². The Morgan fingerprint density at radius 2 is 1.84 bits per heavy atom. The molecule has 0 atom stereocenters. The van der Waals surface area contributed by atoms with E-state index in [1.807, 2.05) is 43.6 Å². The fraction of sp³-hybridized carbons (Fsp3) is 0.333. The molecule has 0 spiro atoms. The molecular weight excluding hydrogens is 236 g/mol. The smallest absolute Gasteiger partial charge is 0.126 e. The summed E-state index contributed by atoms with van der Waals surface area (Å²) in [6.07, 6.45) is 3.64. The number of nitrogens with one attached hydrogen (secondary N) is 1. The fourth-order valence-corrected chi connectivity index (χ4v) is 1.89. The monoisotopic (exact) mass is 256 g/mol. The number of anilines is 2. The highest BCUT2D eigenvalue weighted by atomic mass is 15.0. The van der Waals surface area contributed by atoms with Crippen molar-refractivity contribution in [2.45, 2.75) is 26.2 Å². The Morgan fingerprint density at radius 3 is 2.47 bits per heavy atom. The van der Waals surface area contributed by atoms with Crippen molar-refractivity contribution in [3.8, 4) is 0 Å². The third-order valence-corrected chi connectivity index (χ3v) is 3.30. The molecule has 0 saturated heterocycles. The van der Waals surface area contributed by atoms with Gasteiger partial charge in [-0.15, -0.1) is 0 Å². The summed E-state index contributed by atoms with van der Waals surface area (Å²) in [6, 6.07) is 7.88. The molecule has 0 amide bonds. The van der Waals surface area contributed by atoms with Gasteiger partial charge in [-0.3, -0.25) is 4.98 Å². The molecule has 0 aliphatic rings. The number of hydrogen-bond acceptors (Lipinski definition) is 4. The van der Waals surface area contributed by atoms with Gasteiger partial charge >= 0.3 is 0 Å². The number of nitrogen functional groups attached to an aromatic ring is 1. The average molecular weight is 256 g/mol. The highest BCUT2D eigenvalue weighted by molar-refractivity contribution is 5.49. The molecule has 2 heterocycles. The lowest BCUT2D eigenvalue weighted by molar-refractivity contribution is 0.555. The van der Waals surface area contributed by atoms with E-state index in [1.54, 1.807) is 0 Å². The zero-order valence-corrected chi connectivity index (χ0v) is 11.6. The van der Waals surface area contributed by atoms with Crippen molar-refractivity contribution in [3.05, 3.63) is 47.9 Å². The lowest BCUT2D eigenvalue weighted by Gasteiger charge is -2.25. The van der Waals surface area contributed by atoms with Crippen LogP contribution in [-0.4, -0.2) is 16.5 Å². The SMILES string of the molecule is Cc1nc(NCC(C)(C)c2ccncc2)ccc1N. The maximum Gasteiger partial charge on any atom is 0.126 e. The van der Waals surface area contributed by atoms with Gasteiger partial charge in [0.15, 0.2) is 0 Å². The van der Waals surface area contributed by atoms with Crippen molar-refractivity contribution in [2.24, 2.45) is 0 Å². The van der Waals surface area contributed by atoms with Crippen LogP contribution in [0.5, 0.6) is 0 Å². The van der Waals surface area contributed by atoms with E-state index in [1.165, 1.54) is 5.56 Å². The number of nitrogens with zero attached hydrogens (tertiary/aromatic N) is 2. The minimum Gasteiger partial charge on any atom is -0.397 e. The Labute approximate surface area is 114 Å². The molecule has 3 N–H and O–H groups in total. The first-order valence-electron chi connectivity index (χ1n) is 6.36. The average Bonchev–Trinajstić information content (AvgIpc) is 2.41. The molecule has 0 radical (unpaired) electrons. The van der Waals surface area contributed by atoms with Crippen molar-refractivity contribution in [3.63, 3.8) is 0 Å². The molecule has 19 heavy (non-hydrogen) atoms. The number of rotatable bonds is 4. The van der Waals surface area contributed by atoms with Gasteiger partial charge in [-0.25, -0.2) is 4.98 Å². The van der Waals surface area contributed by atoms with Gasteiger partial charge in [0.25, 0.3) is 0 Å². The van der Waals surface area contributed by atoms with E-state index in [0.717, 1.165) is 23.7 Å². The molecule has 0 aliphatic carbocycles. The molecule has 4 nitrogen and oxygen atoms in total. The number of nitrogens with two attached hydrogens (primary N) is 1. The van der Waals surface area contributed by atoms with Crippen molar-refractivity contribution in [2.75, 3.05) is 17.6 Å². The van der Waals surface area contributed by atoms with Gasteiger partial charge in [0.05, 0.1) is 11.4 Å². The van der Waals surface area contributed by atoms with Crippen LogP contribution in [0, 0.1) is 6.92 Å². The van der Waals surface area contributed by atoms with Crippen molar-refractivity contribution in [1.29, 1.82) is 0 Å². The van der Waals surface area contributed by atoms with Crippen molar-refractivity contribution in [1.82, 2.24) is 9.97 Å². The Bertz CT molecular complexity index is 549. The zero-order chi connectivity index (χ0) is 13.9. The first kappa shape index (κ1) is 13.3. The van der Waals surface area contributed by atoms with Crippen LogP contribution < -0.4 is 11.1 Å². The summed E-state index contributed by atoms with van der Waals surface area (Å²) in [5.74, 6) is 0.855. The van der Waals surface area contributed by atoms with E-state index in [0.29, 0.717) is 0 Å². The van der Waals surface area contributed by atoms with Gasteiger partial charge < -0.3 is 11.1 Å². The van der Waals surface area contributed by atoms with E-state index in [-0.39, 0.29) is 5.41 Å². The second-order valence-electron chi connectivity index (χ2n) is 5.34. The van der Waals surface area contributed by atoms with Crippen LogP contribution in [0.1, 0.15) is 25.1 Å². The second kappa shape index (κ2) is 5.26. The topological polar surface area (TPSA) is 63.8 Å². The molecule has 0 saturated carbocycles. The summed E-state index contributed by atoms with van der Waals surface area (Å²) < 4.78 is 0. The number of hydrogen-bond donors (Lipinski definition) is 2. The molecular formula is C15H20N4. The second-order valence-corrected chi connectivity index (χ2v) is 5.34. The molecule has 0 aromatic carbocycles. The zero-order valence-electron chi connectivity index (χ0n) is 11.6. The van der Waals surface area contributed by atoms with E-state index >= 15 is 0 Å². The Morgan fingerprint density at radius 1 is 1.16 bits per heavy atom. The molecule has 4 heteroatoms. The molecule has 0 fully saturated rings. The molecule has 2 rings (SSSR count). The first-order valence-corrected chi connectivity index (χ1v) is 6.36. The van der Waals surface area contributed by atoms with Crippen LogP contribution in [0.3, 0.4) is 0 Å². The lowest BCUT2D eigenvalue weighted by atomic mass is 9.85. The maximum absolute atomic E-state index is 5.76. The number of pyridine rings is 2. The van der Waals surface area contributed by atoms with E-state index in [4.69, 9.17) is 5.73 Å². The minimum atomic E-state index is 0.0138. The van der Waals surface area contributed by atoms with E-state index in [9.17, 15) is 0 Å². The van der Waals surface area contributed by atoms with Crippen LogP contribution in [0.2, 0.25) is 0 Å². The summed E-state index contributed by atoms with van der Waals surface area (Å²) in [7, 11) is 0. The van der Waals surface area contributed by atoms with Crippen LogP contribution in [-0.2, 0) is 5.41 Å². The van der Waals surface area contributed by atoms with Gasteiger partial charge in [-0.1, -0.05) is 13.8 Å². The van der Waals surface area contributed by atoms with Crippen LogP contribution >= 0.6 is 0 Å². The first-order chi connectivity index (χ1) is 8.99. The highest BCUT2D eigenvalue weighted by Crippen LogP contribution is 2.23. The molecule has 2 aromatic rings. The third kappa shape index (κ3) is 3.22. The van der Waals surface area contributed by atoms with Crippen LogP contribution in [0.25, 0.3) is 0 Å². The summed E-state index contributed by atoms with van der Waals surface area (Å²) in [4.78, 5) is 8.47. The summed E-state index contributed by atoms with van der Waals surface area (Å²) >= 11 is 0. The Kier molecular flexibility index (Phi) is 3.69. The van der Waals surface area contributed by atoms with Crippen molar-refractivity contribution >= 4 is 11.5 Å². The Hall–Kier alpha value is -2.10. The number of aromatic nitrogens is 2. The van der Waals surface area contributed by atoms with Gasteiger partial charge in [0, 0.05) is 24.4 Å². The van der Waals surface area contributed by atoms with E-state index < -0.39 is 0 Å². The van der Waals surface area contributed by atoms with Gasteiger partial charge in [-0.2, -0.15) is 0 Å². The Balaban J connectivity index is 2.07. The summed E-state index contributed by atoms with van der Waals surface area (Å²) in [5, 5.41) is 3.36. The predicted octanol–water partition coefficient (Wildman–Crippen LogP) is 2.76. The van der Waals surface area contributed by atoms with Crippen LogP contribution in [0.15, 0.2) is 36.7 Å². The molecule has 100 valence electrons.